The van der Waals surface area contributed by atoms with Gasteiger partial charge >= 0.3 is 5.97 Å². The lowest BCUT2D eigenvalue weighted by Gasteiger charge is -2.18. The third-order valence-electron chi connectivity index (χ3n) is 5.20. The van der Waals surface area contributed by atoms with Gasteiger partial charge in [-0.1, -0.05) is 18.2 Å². The molecule has 8 heteroatoms. The molecule has 3 aromatic rings. The van der Waals surface area contributed by atoms with Crippen LogP contribution in [0.2, 0.25) is 0 Å². The fourth-order valence-electron chi connectivity index (χ4n) is 3.64. The van der Waals surface area contributed by atoms with E-state index in [4.69, 9.17) is 4.74 Å². The zero-order valence-corrected chi connectivity index (χ0v) is 18.0. The molecule has 1 amide bonds. The highest BCUT2D eigenvalue weighted by atomic mass is 32.1. The molecule has 0 spiro atoms. The normalized spacial score (nSPS) is 14.4. The van der Waals surface area contributed by atoms with Crippen molar-refractivity contribution in [1.82, 2.24) is 20.1 Å². The van der Waals surface area contributed by atoms with Crippen LogP contribution in [0.15, 0.2) is 35.8 Å². The second kappa shape index (κ2) is 8.39. The summed E-state index contributed by atoms with van der Waals surface area (Å²) in [4.78, 5) is 30.9. The monoisotopic (exact) mass is 424 g/mol. The Labute approximate surface area is 179 Å². The van der Waals surface area contributed by atoms with Crippen LogP contribution in [0.3, 0.4) is 0 Å². The number of aryl methyl sites for hydroxylation is 1. The quantitative estimate of drug-likeness (QED) is 0.582. The molecule has 1 aliphatic carbocycles. The maximum absolute atomic E-state index is 13.1. The molecule has 0 radical (unpaired) electrons. The summed E-state index contributed by atoms with van der Waals surface area (Å²) < 4.78 is 7.07. The summed E-state index contributed by atoms with van der Waals surface area (Å²) in [7, 11) is 0. The highest BCUT2D eigenvalue weighted by molar-refractivity contribution is 7.11. The summed E-state index contributed by atoms with van der Waals surface area (Å²) in [5.74, 6) is -0.451. The van der Waals surface area contributed by atoms with Crippen molar-refractivity contribution >= 4 is 23.2 Å². The number of thiazole rings is 1. The Morgan fingerprint density at radius 2 is 2.00 bits per heavy atom. The molecule has 1 saturated carbocycles. The first-order valence-electron chi connectivity index (χ1n) is 10.0. The van der Waals surface area contributed by atoms with Crippen molar-refractivity contribution in [3.05, 3.63) is 63.4 Å². The van der Waals surface area contributed by atoms with E-state index in [-0.39, 0.29) is 12.5 Å². The van der Waals surface area contributed by atoms with Crippen LogP contribution in [0.25, 0.3) is 5.69 Å². The van der Waals surface area contributed by atoms with Gasteiger partial charge < -0.3 is 10.1 Å². The maximum Gasteiger partial charge on any atom is 0.333 e. The maximum atomic E-state index is 13.1. The lowest BCUT2D eigenvalue weighted by atomic mass is 10.0. The predicted octanol–water partition coefficient (Wildman–Crippen LogP) is 3.86. The molecule has 2 heterocycles. The number of amides is 1. The van der Waals surface area contributed by atoms with Gasteiger partial charge in [0.15, 0.2) is 6.04 Å². The van der Waals surface area contributed by atoms with Crippen molar-refractivity contribution in [2.75, 3.05) is 6.61 Å². The standard InChI is InChI=1S/C22H24N4O3S/c1-4-29-22(28)19(24-21(27)20-18(15-10-11-15)23-12-30-20)17-13(2)25-26(14(17)3)16-8-6-5-7-9-16/h5-9,12,15,19H,4,10-11H2,1-3H3,(H,24,27). The molecule has 1 aliphatic rings. The Morgan fingerprint density at radius 3 is 2.67 bits per heavy atom. The minimum absolute atomic E-state index is 0.226. The molecule has 1 unspecified atom stereocenters. The third-order valence-corrected chi connectivity index (χ3v) is 6.04. The first-order valence-corrected chi connectivity index (χ1v) is 10.9. The topological polar surface area (TPSA) is 86.1 Å². The summed E-state index contributed by atoms with van der Waals surface area (Å²) in [6.07, 6.45) is 2.10. The molecule has 1 fully saturated rings. The molecule has 2 aromatic heterocycles. The molecule has 1 aromatic carbocycles. The third kappa shape index (κ3) is 3.87. The summed E-state index contributed by atoms with van der Waals surface area (Å²) in [5.41, 5.74) is 5.50. The highest BCUT2D eigenvalue weighted by Gasteiger charge is 2.34. The fourth-order valence-corrected chi connectivity index (χ4v) is 4.41. The molecule has 7 nitrogen and oxygen atoms in total. The number of carbonyl (C=O) groups excluding carboxylic acids is 2. The van der Waals surface area contributed by atoms with E-state index in [0.29, 0.717) is 22.1 Å². The number of nitrogens with one attached hydrogen (secondary N) is 1. The second-order valence-corrected chi connectivity index (χ2v) is 8.19. The van der Waals surface area contributed by atoms with Crippen LogP contribution in [0.4, 0.5) is 0 Å². The van der Waals surface area contributed by atoms with Crippen molar-refractivity contribution < 1.29 is 14.3 Å². The van der Waals surface area contributed by atoms with Crippen molar-refractivity contribution in [3.8, 4) is 5.69 Å². The lowest BCUT2D eigenvalue weighted by molar-refractivity contribution is -0.145. The summed E-state index contributed by atoms with van der Waals surface area (Å²) in [6.45, 7) is 5.70. The number of hydrogen-bond donors (Lipinski definition) is 1. The predicted molar refractivity (Wildman–Crippen MR) is 114 cm³/mol. The second-order valence-electron chi connectivity index (χ2n) is 7.33. The zero-order chi connectivity index (χ0) is 21.3. The number of rotatable bonds is 7. The number of aromatic nitrogens is 3. The van der Waals surface area contributed by atoms with Crippen LogP contribution in [0.5, 0.6) is 0 Å². The van der Waals surface area contributed by atoms with Crippen LogP contribution in [0.1, 0.15) is 64.0 Å². The molecule has 0 bridgehead atoms. The van der Waals surface area contributed by atoms with Crippen LogP contribution >= 0.6 is 11.3 Å². The largest absolute Gasteiger partial charge is 0.464 e. The van der Waals surface area contributed by atoms with Gasteiger partial charge in [-0.05, 0) is 45.7 Å². The molecule has 156 valence electrons. The number of benzene rings is 1. The number of para-hydroxylation sites is 1. The molecule has 1 N–H and O–H groups in total. The van der Waals surface area contributed by atoms with Crippen molar-refractivity contribution in [3.63, 3.8) is 0 Å². The van der Waals surface area contributed by atoms with E-state index in [1.165, 1.54) is 11.3 Å². The van der Waals surface area contributed by atoms with E-state index in [9.17, 15) is 9.59 Å². The Bertz CT molecular complexity index is 1070. The van der Waals surface area contributed by atoms with Gasteiger partial charge in [0, 0.05) is 17.2 Å². The summed E-state index contributed by atoms with van der Waals surface area (Å²) in [6, 6.07) is 8.74. The van der Waals surface area contributed by atoms with Gasteiger partial charge in [0.05, 0.1) is 29.2 Å². The van der Waals surface area contributed by atoms with E-state index in [2.05, 4.69) is 15.4 Å². The van der Waals surface area contributed by atoms with E-state index in [1.54, 1.807) is 17.1 Å². The smallest absolute Gasteiger partial charge is 0.333 e. The highest BCUT2D eigenvalue weighted by Crippen LogP contribution is 2.42. The number of carbonyl (C=O) groups is 2. The number of esters is 1. The molecule has 0 saturated heterocycles. The molecular weight excluding hydrogens is 400 g/mol. The Balaban J connectivity index is 1.69. The molecular formula is C22H24N4O3S. The van der Waals surface area contributed by atoms with Crippen LogP contribution < -0.4 is 5.32 Å². The first-order chi connectivity index (χ1) is 14.5. The van der Waals surface area contributed by atoms with Crippen molar-refractivity contribution in [2.45, 2.75) is 45.6 Å². The molecule has 0 aliphatic heterocycles. The minimum atomic E-state index is -0.941. The Morgan fingerprint density at radius 1 is 1.27 bits per heavy atom. The van der Waals surface area contributed by atoms with Crippen molar-refractivity contribution in [1.29, 1.82) is 0 Å². The van der Waals surface area contributed by atoms with Crippen LogP contribution in [-0.2, 0) is 9.53 Å². The van der Waals surface area contributed by atoms with Gasteiger partial charge in [-0.3, -0.25) is 4.79 Å². The van der Waals surface area contributed by atoms with Crippen LogP contribution in [0, 0.1) is 13.8 Å². The average molecular weight is 425 g/mol. The average Bonchev–Trinajstić information content (AvgIpc) is 3.39. The van der Waals surface area contributed by atoms with E-state index in [0.717, 1.165) is 29.9 Å². The van der Waals surface area contributed by atoms with Crippen molar-refractivity contribution in [2.24, 2.45) is 0 Å². The molecule has 1 atom stereocenters. The van der Waals surface area contributed by atoms with Gasteiger partial charge in [0.1, 0.15) is 4.88 Å². The first kappa shape index (κ1) is 20.3. The van der Waals surface area contributed by atoms with E-state index < -0.39 is 12.0 Å². The lowest BCUT2D eigenvalue weighted by Crippen LogP contribution is -2.35. The number of nitrogens with zero attached hydrogens (tertiary/aromatic N) is 3. The fraction of sp³-hybridized carbons (Fsp3) is 0.364. The molecule has 4 rings (SSSR count). The van der Waals surface area contributed by atoms with Gasteiger partial charge in [-0.2, -0.15) is 5.10 Å². The summed E-state index contributed by atoms with van der Waals surface area (Å²) >= 11 is 1.30. The number of ether oxygens (including phenoxy) is 1. The van der Waals surface area contributed by atoms with Gasteiger partial charge in [-0.15, -0.1) is 11.3 Å². The van der Waals surface area contributed by atoms with Gasteiger partial charge in [0.25, 0.3) is 5.91 Å². The minimum Gasteiger partial charge on any atom is -0.464 e. The molecule has 30 heavy (non-hydrogen) atoms. The van der Waals surface area contributed by atoms with Crippen LogP contribution in [-0.4, -0.2) is 33.2 Å². The van der Waals surface area contributed by atoms with E-state index >= 15 is 0 Å². The Hall–Kier alpha value is -3.00. The Kier molecular flexibility index (Phi) is 5.67. The van der Waals surface area contributed by atoms with Gasteiger partial charge in [-0.25, -0.2) is 14.5 Å². The van der Waals surface area contributed by atoms with Gasteiger partial charge in [0.2, 0.25) is 0 Å². The SMILES string of the molecule is CCOC(=O)C(NC(=O)c1scnc1C1CC1)c1c(C)nn(-c2ccccc2)c1C. The number of hydrogen-bond acceptors (Lipinski definition) is 6. The zero-order valence-electron chi connectivity index (χ0n) is 17.2. The van der Waals surface area contributed by atoms with E-state index in [1.807, 2.05) is 44.2 Å². The summed E-state index contributed by atoms with van der Waals surface area (Å²) in [5, 5.41) is 7.51.